The normalized spacial score (nSPS) is 12.1. The molecule has 0 aliphatic heterocycles. The zero-order chi connectivity index (χ0) is 10.0. The maximum Gasteiger partial charge on any atom is 0.142 e. The molecule has 0 unspecified atom stereocenters. The van der Waals surface area contributed by atoms with Crippen LogP contribution in [0.15, 0.2) is 12.1 Å². The van der Waals surface area contributed by atoms with Gasteiger partial charge in [-0.3, -0.25) is 0 Å². The topological polar surface area (TPSA) is 26.0 Å². The second-order valence-corrected chi connectivity index (χ2v) is 3.15. The zero-order valence-electron chi connectivity index (χ0n) is 7.56. The van der Waals surface area contributed by atoms with Crippen molar-refractivity contribution in [2.24, 2.45) is 5.73 Å². The van der Waals surface area contributed by atoms with E-state index < -0.39 is 17.7 Å². The Morgan fingerprint density at radius 2 is 1.86 bits per heavy atom. The van der Waals surface area contributed by atoms with Crippen LogP contribution in [0.5, 0.6) is 0 Å². The molecule has 0 saturated heterocycles. The van der Waals surface area contributed by atoms with Crippen molar-refractivity contribution in [2.75, 3.05) is 0 Å². The number of hydrogen-bond donors (Lipinski definition) is 1. The van der Waals surface area contributed by atoms with Crippen LogP contribution in [0.4, 0.5) is 8.78 Å². The van der Waals surface area contributed by atoms with Crippen molar-refractivity contribution in [1.29, 1.82) is 0 Å². The molecule has 0 amide bonds. The molecule has 0 aliphatic rings. The molecule has 5 heteroatoms. The fourth-order valence-corrected chi connectivity index (χ4v) is 1.38. The smallest absolute Gasteiger partial charge is 0.142 e. The molecule has 0 fully saturated rings. The van der Waals surface area contributed by atoms with Crippen LogP contribution in [0.25, 0.3) is 0 Å². The van der Waals surface area contributed by atoms with Crippen LogP contribution in [0.1, 0.15) is 24.9 Å². The summed E-state index contributed by atoms with van der Waals surface area (Å²) in [6.07, 6.45) is 0.514. The highest BCUT2D eigenvalue weighted by Crippen LogP contribution is 2.28. The third kappa shape index (κ3) is 2.56. The van der Waals surface area contributed by atoms with E-state index in [-0.39, 0.29) is 23.0 Å². The van der Waals surface area contributed by atoms with Crippen LogP contribution in [0.3, 0.4) is 0 Å². The van der Waals surface area contributed by atoms with Gasteiger partial charge in [0.25, 0.3) is 0 Å². The van der Waals surface area contributed by atoms with Crippen molar-refractivity contribution in [3.05, 3.63) is 34.4 Å². The maximum atomic E-state index is 13.1. The van der Waals surface area contributed by atoms with E-state index >= 15 is 0 Å². The molecule has 1 aromatic rings. The molecule has 1 atom stereocenters. The predicted octanol–water partition coefficient (Wildman–Crippen LogP) is 3.45. The highest BCUT2D eigenvalue weighted by Gasteiger charge is 2.16. The molecule has 80 valence electrons. The Morgan fingerprint density at radius 1 is 1.36 bits per heavy atom. The molecule has 1 nitrogen and oxygen atoms in total. The Hall–Kier alpha value is -0.380. The maximum absolute atomic E-state index is 13.1. The highest BCUT2D eigenvalue weighted by molar-refractivity contribution is 6.31. The van der Waals surface area contributed by atoms with Gasteiger partial charge >= 0.3 is 0 Å². The van der Waals surface area contributed by atoms with Gasteiger partial charge in [0.1, 0.15) is 11.6 Å². The Balaban J connectivity index is 0.00000169. The monoisotopic (exact) mass is 241 g/mol. The van der Waals surface area contributed by atoms with E-state index in [1.54, 1.807) is 6.92 Å². The summed E-state index contributed by atoms with van der Waals surface area (Å²) in [6.45, 7) is 1.78. The van der Waals surface area contributed by atoms with Gasteiger partial charge in [0.2, 0.25) is 0 Å². The minimum atomic E-state index is -0.637. The standard InChI is InChI=1S/C9H10ClF2N.ClH/c1-2-7(13)8-5(11)3-4-6(12)9(8)10;/h3-4,7H,2,13H2,1H3;1H/t7-;/m0./s1. The van der Waals surface area contributed by atoms with Gasteiger partial charge < -0.3 is 5.73 Å². The van der Waals surface area contributed by atoms with E-state index in [0.717, 1.165) is 12.1 Å². The molecule has 0 heterocycles. The van der Waals surface area contributed by atoms with Gasteiger partial charge in [-0.15, -0.1) is 12.4 Å². The molecule has 1 rings (SSSR count). The van der Waals surface area contributed by atoms with Crippen LogP contribution in [0.2, 0.25) is 5.02 Å². The summed E-state index contributed by atoms with van der Waals surface area (Å²) in [5.74, 6) is -1.19. The first-order valence-electron chi connectivity index (χ1n) is 3.96. The fourth-order valence-electron chi connectivity index (χ4n) is 1.09. The van der Waals surface area contributed by atoms with Gasteiger partial charge in [-0.05, 0) is 18.6 Å². The van der Waals surface area contributed by atoms with E-state index in [1.165, 1.54) is 0 Å². The lowest BCUT2D eigenvalue weighted by molar-refractivity contribution is 0.557. The van der Waals surface area contributed by atoms with Crippen molar-refractivity contribution in [3.8, 4) is 0 Å². The van der Waals surface area contributed by atoms with E-state index in [1.807, 2.05) is 0 Å². The first-order chi connectivity index (χ1) is 6.07. The Morgan fingerprint density at radius 3 is 2.36 bits per heavy atom. The highest BCUT2D eigenvalue weighted by atomic mass is 35.5. The number of rotatable bonds is 2. The first kappa shape index (κ1) is 13.6. The predicted molar refractivity (Wildman–Crippen MR) is 55.8 cm³/mol. The largest absolute Gasteiger partial charge is 0.324 e. The summed E-state index contributed by atoms with van der Waals surface area (Å²) in [6, 6.07) is 1.47. The minimum absolute atomic E-state index is 0. The molecule has 0 aliphatic carbocycles. The molecular weight excluding hydrogens is 231 g/mol. The molecule has 0 bridgehead atoms. The summed E-state index contributed by atoms with van der Waals surface area (Å²) in [4.78, 5) is 0. The van der Waals surface area contributed by atoms with Crippen LogP contribution < -0.4 is 5.73 Å². The lowest BCUT2D eigenvalue weighted by Crippen LogP contribution is -2.12. The molecular formula is C9H11Cl2F2N. The Kier molecular flexibility index (Phi) is 5.34. The van der Waals surface area contributed by atoms with Crippen LogP contribution >= 0.6 is 24.0 Å². The van der Waals surface area contributed by atoms with Gasteiger partial charge in [-0.2, -0.15) is 0 Å². The number of hydrogen-bond acceptors (Lipinski definition) is 1. The summed E-state index contributed by atoms with van der Waals surface area (Å²) < 4.78 is 26.0. The lowest BCUT2D eigenvalue weighted by atomic mass is 10.0. The van der Waals surface area contributed by atoms with Crippen molar-refractivity contribution in [2.45, 2.75) is 19.4 Å². The van der Waals surface area contributed by atoms with Crippen molar-refractivity contribution in [1.82, 2.24) is 0 Å². The molecule has 14 heavy (non-hydrogen) atoms. The third-order valence-corrected chi connectivity index (χ3v) is 2.27. The molecule has 0 saturated carbocycles. The van der Waals surface area contributed by atoms with Gasteiger partial charge in [0.05, 0.1) is 5.02 Å². The van der Waals surface area contributed by atoms with Crippen molar-refractivity contribution in [3.63, 3.8) is 0 Å². The van der Waals surface area contributed by atoms with Gasteiger partial charge in [-0.25, -0.2) is 8.78 Å². The average molecular weight is 242 g/mol. The van der Waals surface area contributed by atoms with Crippen molar-refractivity contribution >= 4 is 24.0 Å². The van der Waals surface area contributed by atoms with Crippen LogP contribution in [0, 0.1) is 11.6 Å². The number of benzene rings is 1. The Labute approximate surface area is 92.7 Å². The van der Waals surface area contributed by atoms with Crippen molar-refractivity contribution < 1.29 is 8.78 Å². The summed E-state index contributed by atoms with van der Waals surface area (Å²) in [5.41, 5.74) is 5.63. The third-order valence-electron chi connectivity index (χ3n) is 1.89. The first-order valence-corrected chi connectivity index (χ1v) is 4.34. The Bertz CT molecular complexity index is 318. The quantitative estimate of drug-likeness (QED) is 0.789. The molecule has 2 N–H and O–H groups in total. The summed E-state index contributed by atoms with van der Waals surface area (Å²) in [5, 5.41) is -0.214. The number of halogens is 4. The van der Waals surface area contributed by atoms with E-state index in [2.05, 4.69) is 0 Å². The number of nitrogens with two attached hydrogens (primary N) is 1. The zero-order valence-corrected chi connectivity index (χ0v) is 9.13. The molecule has 1 aromatic carbocycles. The second-order valence-electron chi connectivity index (χ2n) is 2.77. The molecule has 0 radical (unpaired) electrons. The minimum Gasteiger partial charge on any atom is -0.324 e. The summed E-state index contributed by atoms with van der Waals surface area (Å²) in [7, 11) is 0. The van der Waals surface area contributed by atoms with E-state index in [4.69, 9.17) is 17.3 Å². The fraction of sp³-hybridized carbons (Fsp3) is 0.333. The summed E-state index contributed by atoms with van der Waals surface area (Å²) >= 11 is 5.58. The van der Waals surface area contributed by atoms with E-state index in [0.29, 0.717) is 6.42 Å². The van der Waals surface area contributed by atoms with Crippen LogP contribution in [-0.4, -0.2) is 0 Å². The van der Waals surface area contributed by atoms with Gasteiger partial charge in [-0.1, -0.05) is 18.5 Å². The van der Waals surface area contributed by atoms with Gasteiger partial charge in [0, 0.05) is 11.6 Å². The second kappa shape index (κ2) is 5.49. The van der Waals surface area contributed by atoms with Crippen LogP contribution in [-0.2, 0) is 0 Å². The average Bonchev–Trinajstić information content (AvgIpc) is 2.12. The van der Waals surface area contributed by atoms with Gasteiger partial charge in [0.15, 0.2) is 0 Å². The molecule has 0 spiro atoms. The van der Waals surface area contributed by atoms with E-state index in [9.17, 15) is 8.78 Å². The molecule has 0 aromatic heterocycles. The lowest BCUT2D eigenvalue weighted by Gasteiger charge is -2.12. The SMILES string of the molecule is CC[C@H](N)c1c(F)ccc(F)c1Cl.Cl.